The van der Waals surface area contributed by atoms with Gasteiger partial charge in [0, 0.05) is 34.6 Å². The Morgan fingerprint density at radius 1 is 0.833 bits per heavy atom. The molecule has 0 amide bonds. The number of aromatic nitrogens is 3. The normalized spacial score (nSPS) is 11.2. The van der Waals surface area contributed by atoms with Crippen LogP contribution in [-0.4, -0.2) is 15.2 Å². The summed E-state index contributed by atoms with van der Waals surface area (Å²) in [5.74, 6) is 0.984. The summed E-state index contributed by atoms with van der Waals surface area (Å²) in [6, 6.07) is 22.9. The topological polar surface area (TPSA) is 54.7 Å². The maximum absolute atomic E-state index is 13.9. The molecule has 5 rings (SSSR count). The van der Waals surface area contributed by atoms with Crippen LogP contribution < -0.4 is 0 Å². The molecule has 1 N–H and O–H groups in total. The molecule has 0 spiro atoms. The first-order chi connectivity index (χ1) is 14.8. The van der Waals surface area contributed by atoms with E-state index in [4.69, 9.17) is 4.42 Å². The molecule has 0 aliphatic heterocycles. The second-order valence-electron chi connectivity index (χ2n) is 7.31. The highest BCUT2D eigenvalue weighted by Gasteiger charge is 2.10. The average Bonchev–Trinajstić information content (AvgIpc) is 3.44. The number of nitrogens with zero attached hydrogens (tertiary/aromatic N) is 2. The minimum atomic E-state index is -0.201. The van der Waals surface area contributed by atoms with Crippen LogP contribution >= 0.6 is 0 Å². The highest BCUT2D eigenvalue weighted by atomic mass is 19.1. The van der Waals surface area contributed by atoms with Crippen LogP contribution in [0.4, 0.5) is 4.39 Å². The van der Waals surface area contributed by atoms with Crippen LogP contribution in [0.1, 0.15) is 17.9 Å². The van der Waals surface area contributed by atoms with Gasteiger partial charge in [-0.2, -0.15) is 0 Å². The van der Waals surface area contributed by atoms with Crippen molar-refractivity contribution in [3.05, 3.63) is 96.3 Å². The molecule has 3 aromatic carbocycles. The lowest BCUT2D eigenvalue weighted by atomic mass is 10.0. The molecule has 0 atom stereocenters. The summed E-state index contributed by atoms with van der Waals surface area (Å²) in [6.07, 6.45) is 4.42. The van der Waals surface area contributed by atoms with Gasteiger partial charge in [-0.25, -0.2) is 4.39 Å². The summed E-state index contributed by atoms with van der Waals surface area (Å²) in [5, 5.41) is 9.50. The molecule has 148 valence electrons. The molecule has 2 aromatic heterocycles. The van der Waals surface area contributed by atoms with Crippen molar-refractivity contribution >= 4 is 10.9 Å². The third kappa shape index (κ3) is 3.74. The number of aryl methyl sites for hydroxylation is 2. The van der Waals surface area contributed by atoms with E-state index in [1.54, 1.807) is 12.1 Å². The molecule has 0 bridgehead atoms. The number of fused-ring (bicyclic) bond motifs is 1. The van der Waals surface area contributed by atoms with E-state index in [-0.39, 0.29) is 5.82 Å². The highest BCUT2D eigenvalue weighted by Crippen LogP contribution is 2.25. The lowest BCUT2D eigenvalue weighted by Gasteiger charge is -2.05. The van der Waals surface area contributed by atoms with Crippen LogP contribution in [0.3, 0.4) is 0 Å². The predicted octanol–water partition coefficient (Wildman–Crippen LogP) is 6.20. The zero-order valence-corrected chi connectivity index (χ0v) is 16.3. The van der Waals surface area contributed by atoms with Crippen molar-refractivity contribution < 1.29 is 8.81 Å². The van der Waals surface area contributed by atoms with E-state index in [1.807, 2.05) is 60.8 Å². The van der Waals surface area contributed by atoms with Gasteiger partial charge < -0.3 is 9.40 Å². The van der Waals surface area contributed by atoms with Crippen LogP contribution in [0.15, 0.2) is 83.4 Å². The largest absolute Gasteiger partial charge is 0.421 e. The Bertz CT molecular complexity index is 1290. The molecule has 0 radical (unpaired) electrons. The summed E-state index contributed by atoms with van der Waals surface area (Å²) in [7, 11) is 0. The molecular weight excluding hydrogens is 377 g/mol. The molecule has 4 nitrogen and oxygen atoms in total. The highest BCUT2D eigenvalue weighted by molar-refractivity contribution is 5.83. The molecule has 0 saturated heterocycles. The SMILES string of the molecule is Fc1ccccc1-c1ccc(CCCc2nnc(-c3ccc4[nH]ccc4c3)o2)cc1. The standard InChI is InChI=1S/C25H20FN3O/c26-22-6-2-1-5-21(22)18-10-8-17(9-11-18)4-3-7-24-28-29-25(30-24)20-12-13-23-19(16-20)14-15-27-23/h1-2,5-6,8-16,27H,3-4,7H2. The Kier molecular flexibility index (Phi) is 4.85. The third-order valence-corrected chi connectivity index (χ3v) is 5.26. The van der Waals surface area contributed by atoms with Gasteiger partial charge in [-0.15, -0.1) is 10.2 Å². The molecule has 2 heterocycles. The lowest BCUT2D eigenvalue weighted by molar-refractivity contribution is 0.497. The molecule has 0 fully saturated rings. The van der Waals surface area contributed by atoms with Gasteiger partial charge in [-0.1, -0.05) is 42.5 Å². The number of rotatable bonds is 6. The Morgan fingerprint density at radius 3 is 2.53 bits per heavy atom. The van der Waals surface area contributed by atoms with Gasteiger partial charge in [0.1, 0.15) is 5.82 Å². The van der Waals surface area contributed by atoms with Crippen LogP contribution in [-0.2, 0) is 12.8 Å². The zero-order valence-electron chi connectivity index (χ0n) is 16.3. The molecule has 5 heteroatoms. The predicted molar refractivity (Wildman–Crippen MR) is 115 cm³/mol. The van der Waals surface area contributed by atoms with E-state index in [1.165, 1.54) is 11.6 Å². The van der Waals surface area contributed by atoms with E-state index in [9.17, 15) is 4.39 Å². The molecule has 0 aliphatic rings. The third-order valence-electron chi connectivity index (χ3n) is 5.26. The number of hydrogen-bond donors (Lipinski definition) is 1. The second-order valence-corrected chi connectivity index (χ2v) is 7.31. The first-order valence-electron chi connectivity index (χ1n) is 10.00. The van der Waals surface area contributed by atoms with Gasteiger partial charge >= 0.3 is 0 Å². The number of aromatic amines is 1. The Morgan fingerprint density at radius 2 is 1.67 bits per heavy atom. The van der Waals surface area contributed by atoms with Crippen molar-refractivity contribution in [3.8, 4) is 22.6 Å². The van der Waals surface area contributed by atoms with E-state index in [0.717, 1.165) is 34.9 Å². The molecule has 0 saturated carbocycles. The van der Waals surface area contributed by atoms with Crippen molar-refractivity contribution in [2.75, 3.05) is 0 Å². The zero-order chi connectivity index (χ0) is 20.3. The molecule has 0 aliphatic carbocycles. The Hall–Kier alpha value is -3.73. The lowest BCUT2D eigenvalue weighted by Crippen LogP contribution is -1.91. The fourth-order valence-electron chi connectivity index (χ4n) is 3.65. The minimum absolute atomic E-state index is 0.201. The van der Waals surface area contributed by atoms with Gasteiger partial charge in [0.05, 0.1) is 0 Å². The van der Waals surface area contributed by atoms with Gasteiger partial charge in [0.2, 0.25) is 11.8 Å². The quantitative estimate of drug-likeness (QED) is 0.371. The van der Waals surface area contributed by atoms with Crippen molar-refractivity contribution in [1.82, 2.24) is 15.2 Å². The van der Waals surface area contributed by atoms with E-state index in [2.05, 4.69) is 15.2 Å². The number of halogens is 1. The number of nitrogens with one attached hydrogen (secondary N) is 1. The Balaban J connectivity index is 1.20. The smallest absolute Gasteiger partial charge is 0.247 e. The van der Waals surface area contributed by atoms with E-state index in [0.29, 0.717) is 23.8 Å². The molecular formula is C25H20FN3O. The Labute approximate surface area is 173 Å². The van der Waals surface area contributed by atoms with Crippen LogP contribution in [0.25, 0.3) is 33.5 Å². The van der Waals surface area contributed by atoms with Crippen LogP contribution in [0.5, 0.6) is 0 Å². The van der Waals surface area contributed by atoms with Gasteiger partial charge in [-0.05, 0) is 54.3 Å². The van der Waals surface area contributed by atoms with Crippen LogP contribution in [0, 0.1) is 5.82 Å². The van der Waals surface area contributed by atoms with Crippen molar-refractivity contribution in [2.45, 2.75) is 19.3 Å². The van der Waals surface area contributed by atoms with Crippen molar-refractivity contribution in [2.24, 2.45) is 0 Å². The van der Waals surface area contributed by atoms with E-state index >= 15 is 0 Å². The summed E-state index contributed by atoms with van der Waals surface area (Å²) >= 11 is 0. The van der Waals surface area contributed by atoms with Crippen LogP contribution in [0.2, 0.25) is 0 Å². The fraction of sp³-hybridized carbons (Fsp3) is 0.120. The fourth-order valence-corrected chi connectivity index (χ4v) is 3.65. The maximum atomic E-state index is 13.9. The van der Waals surface area contributed by atoms with Gasteiger partial charge in [0.25, 0.3) is 0 Å². The summed E-state index contributed by atoms with van der Waals surface area (Å²) < 4.78 is 19.8. The first-order valence-corrected chi connectivity index (χ1v) is 10.00. The monoisotopic (exact) mass is 397 g/mol. The van der Waals surface area contributed by atoms with Gasteiger partial charge in [-0.3, -0.25) is 0 Å². The van der Waals surface area contributed by atoms with Gasteiger partial charge in [0.15, 0.2) is 0 Å². The maximum Gasteiger partial charge on any atom is 0.247 e. The molecule has 5 aromatic rings. The molecule has 30 heavy (non-hydrogen) atoms. The van der Waals surface area contributed by atoms with E-state index < -0.39 is 0 Å². The number of benzene rings is 3. The average molecular weight is 397 g/mol. The summed E-state index contributed by atoms with van der Waals surface area (Å²) in [5.41, 5.74) is 4.72. The van der Waals surface area contributed by atoms with Crippen molar-refractivity contribution in [1.29, 1.82) is 0 Å². The number of hydrogen-bond acceptors (Lipinski definition) is 3. The number of H-pyrrole nitrogens is 1. The molecule has 0 unspecified atom stereocenters. The second kappa shape index (κ2) is 7.95. The minimum Gasteiger partial charge on any atom is -0.421 e. The summed E-state index contributed by atoms with van der Waals surface area (Å²) in [4.78, 5) is 3.18. The van der Waals surface area contributed by atoms with Crippen molar-refractivity contribution in [3.63, 3.8) is 0 Å². The summed E-state index contributed by atoms with van der Waals surface area (Å²) in [6.45, 7) is 0. The first kappa shape index (κ1) is 18.3.